The lowest BCUT2D eigenvalue weighted by Gasteiger charge is -2.13. The number of nitrogens with one attached hydrogen (secondary N) is 2. The van der Waals surface area contributed by atoms with Crippen LogP contribution in [-0.4, -0.2) is 40.0 Å². The first kappa shape index (κ1) is 16.8. The highest BCUT2D eigenvalue weighted by Gasteiger charge is 2.12. The first-order valence-corrected chi connectivity index (χ1v) is 8.27. The third-order valence-corrected chi connectivity index (χ3v) is 3.63. The lowest BCUT2D eigenvalue weighted by molar-refractivity contribution is 0.0934. The number of amides is 1. The molecule has 112 valence electrons. The van der Waals surface area contributed by atoms with E-state index in [1.807, 2.05) is 18.7 Å². The van der Waals surface area contributed by atoms with Gasteiger partial charge in [-0.1, -0.05) is 13.8 Å². The highest BCUT2D eigenvalue weighted by Crippen LogP contribution is 2.06. The Morgan fingerprint density at radius 2 is 2.20 bits per heavy atom. The van der Waals surface area contributed by atoms with E-state index in [0.717, 1.165) is 30.9 Å². The van der Waals surface area contributed by atoms with Crippen molar-refractivity contribution in [1.29, 1.82) is 0 Å². The molecule has 0 aliphatic rings. The van der Waals surface area contributed by atoms with Crippen LogP contribution >= 0.6 is 11.8 Å². The summed E-state index contributed by atoms with van der Waals surface area (Å²) in [5.74, 6) is 2.65. The van der Waals surface area contributed by atoms with Gasteiger partial charge in [-0.2, -0.15) is 11.8 Å². The lowest BCUT2D eigenvalue weighted by Crippen LogP contribution is -2.33. The summed E-state index contributed by atoms with van der Waals surface area (Å²) in [6, 6.07) is 0.149. The molecular weight excluding hydrogens is 272 g/mol. The van der Waals surface area contributed by atoms with Gasteiger partial charge in [0.1, 0.15) is 11.5 Å². The fraction of sp³-hybridized carbons (Fsp3) is 0.643. The molecule has 1 unspecified atom stereocenters. The topological polar surface area (TPSA) is 66.9 Å². The Hall–Kier alpha value is -1.30. The maximum Gasteiger partial charge on any atom is 0.271 e. The molecule has 0 aliphatic carbocycles. The standard InChI is InChI=1S/C14H24N4OS/c1-4-7-16-13-10-15-9-12(18-13)14(19)17-11(3)6-8-20-5-2/h9-11H,4-8H2,1-3H3,(H,16,18)(H,17,19). The number of thioether (sulfide) groups is 1. The molecule has 0 fully saturated rings. The summed E-state index contributed by atoms with van der Waals surface area (Å²) < 4.78 is 0. The molecule has 6 heteroatoms. The smallest absolute Gasteiger partial charge is 0.271 e. The summed E-state index contributed by atoms with van der Waals surface area (Å²) in [7, 11) is 0. The van der Waals surface area contributed by atoms with Crippen molar-refractivity contribution in [3.05, 3.63) is 18.1 Å². The monoisotopic (exact) mass is 296 g/mol. The van der Waals surface area contributed by atoms with Crippen LogP contribution in [-0.2, 0) is 0 Å². The third-order valence-electron chi connectivity index (χ3n) is 2.70. The predicted molar refractivity (Wildman–Crippen MR) is 85.4 cm³/mol. The van der Waals surface area contributed by atoms with E-state index in [1.165, 1.54) is 6.20 Å². The maximum atomic E-state index is 12.1. The van der Waals surface area contributed by atoms with Gasteiger partial charge in [-0.3, -0.25) is 9.78 Å². The van der Waals surface area contributed by atoms with Crippen molar-refractivity contribution in [3.63, 3.8) is 0 Å². The molecule has 0 saturated heterocycles. The maximum absolute atomic E-state index is 12.1. The molecule has 1 heterocycles. The molecule has 0 radical (unpaired) electrons. The number of carbonyl (C=O) groups is 1. The van der Waals surface area contributed by atoms with Gasteiger partial charge in [0.15, 0.2) is 0 Å². The zero-order valence-electron chi connectivity index (χ0n) is 12.5. The Balaban J connectivity index is 2.49. The summed E-state index contributed by atoms with van der Waals surface area (Å²) in [5.41, 5.74) is 0.362. The van der Waals surface area contributed by atoms with Gasteiger partial charge in [-0.15, -0.1) is 0 Å². The summed E-state index contributed by atoms with van der Waals surface area (Å²) >= 11 is 1.88. The number of rotatable bonds is 9. The first-order chi connectivity index (χ1) is 9.67. The van der Waals surface area contributed by atoms with Crippen molar-refractivity contribution < 1.29 is 4.79 Å². The largest absolute Gasteiger partial charge is 0.369 e. The van der Waals surface area contributed by atoms with E-state index in [2.05, 4.69) is 34.4 Å². The van der Waals surface area contributed by atoms with Crippen molar-refractivity contribution in [2.75, 3.05) is 23.4 Å². The van der Waals surface area contributed by atoms with Gasteiger partial charge in [-0.05, 0) is 31.3 Å². The van der Waals surface area contributed by atoms with E-state index >= 15 is 0 Å². The molecule has 1 rings (SSSR count). The molecule has 0 bridgehead atoms. The van der Waals surface area contributed by atoms with Gasteiger partial charge in [0, 0.05) is 12.6 Å². The Morgan fingerprint density at radius 3 is 2.90 bits per heavy atom. The van der Waals surface area contributed by atoms with Crippen LogP contribution in [0.3, 0.4) is 0 Å². The van der Waals surface area contributed by atoms with Crippen LogP contribution in [0, 0.1) is 0 Å². The number of aromatic nitrogens is 2. The van der Waals surface area contributed by atoms with Crippen LogP contribution in [0.2, 0.25) is 0 Å². The SMILES string of the molecule is CCCNc1cncc(C(=O)NC(C)CCSCC)n1. The van der Waals surface area contributed by atoms with Gasteiger partial charge >= 0.3 is 0 Å². The van der Waals surface area contributed by atoms with E-state index in [-0.39, 0.29) is 11.9 Å². The summed E-state index contributed by atoms with van der Waals surface area (Å²) in [6.07, 6.45) is 5.10. The predicted octanol–water partition coefficient (Wildman–Crippen LogP) is 2.56. The Kier molecular flexibility index (Phi) is 8.02. The fourth-order valence-corrected chi connectivity index (χ4v) is 2.40. The zero-order chi connectivity index (χ0) is 14.8. The van der Waals surface area contributed by atoms with Crippen LogP contribution in [0.1, 0.15) is 44.1 Å². The van der Waals surface area contributed by atoms with Crippen molar-refractivity contribution in [3.8, 4) is 0 Å². The fourth-order valence-electron chi connectivity index (χ4n) is 1.59. The number of nitrogens with zero attached hydrogens (tertiary/aromatic N) is 2. The normalized spacial score (nSPS) is 11.9. The molecule has 0 saturated carbocycles. The number of carbonyl (C=O) groups excluding carboxylic acids is 1. The van der Waals surface area contributed by atoms with Gasteiger partial charge < -0.3 is 10.6 Å². The minimum atomic E-state index is -0.161. The van der Waals surface area contributed by atoms with E-state index < -0.39 is 0 Å². The molecule has 20 heavy (non-hydrogen) atoms. The van der Waals surface area contributed by atoms with Crippen molar-refractivity contribution in [2.45, 2.75) is 39.7 Å². The second-order valence-electron chi connectivity index (χ2n) is 4.58. The second-order valence-corrected chi connectivity index (χ2v) is 5.97. The molecule has 0 aliphatic heterocycles. The van der Waals surface area contributed by atoms with Crippen LogP contribution in [0.15, 0.2) is 12.4 Å². The zero-order valence-corrected chi connectivity index (χ0v) is 13.3. The molecule has 1 aromatic rings. The minimum Gasteiger partial charge on any atom is -0.369 e. The minimum absolute atomic E-state index is 0.149. The van der Waals surface area contributed by atoms with Crippen LogP contribution in [0.5, 0.6) is 0 Å². The average molecular weight is 296 g/mol. The lowest BCUT2D eigenvalue weighted by atomic mass is 10.2. The van der Waals surface area contributed by atoms with Gasteiger partial charge in [-0.25, -0.2) is 4.98 Å². The highest BCUT2D eigenvalue weighted by atomic mass is 32.2. The number of hydrogen-bond acceptors (Lipinski definition) is 5. The van der Waals surface area contributed by atoms with Gasteiger partial charge in [0.2, 0.25) is 0 Å². The van der Waals surface area contributed by atoms with Gasteiger partial charge in [0.05, 0.1) is 12.4 Å². The molecule has 1 amide bonds. The molecule has 0 spiro atoms. The molecule has 1 atom stereocenters. The van der Waals surface area contributed by atoms with E-state index in [0.29, 0.717) is 11.5 Å². The highest BCUT2D eigenvalue weighted by molar-refractivity contribution is 7.99. The van der Waals surface area contributed by atoms with Gasteiger partial charge in [0.25, 0.3) is 5.91 Å². The van der Waals surface area contributed by atoms with Crippen molar-refractivity contribution >= 4 is 23.5 Å². The Labute approximate surface area is 125 Å². The Bertz CT molecular complexity index is 414. The Morgan fingerprint density at radius 1 is 1.40 bits per heavy atom. The molecule has 0 aromatic carbocycles. The number of hydrogen-bond donors (Lipinski definition) is 2. The molecular formula is C14H24N4OS. The van der Waals surface area contributed by atoms with Crippen LogP contribution in [0.25, 0.3) is 0 Å². The van der Waals surface area contributed by atoms with Crippen LogP contribution < -0.4 is 10.6 Å². The van der Waals surface area contributed by atoms with E-state index in [9.17, 15) is 4.79 Å². The quantitative estimate of drug-likeness (QED) is 0.686. The molecule has 2 N–H and O–H groups in total. The van der Waals surface area contributed by atoms with Crippen LogP contribution in [0.4, 0.5) is 5.82 Å². The summed E-state index contributed by atoms with van der Waals surface area (Å²) in [5, 5.41) is 6.08. The number of anilines is 1. The third kappa shape index (κ3) is 6.23. The van der Waals surface area contributed by atoms with E-state index in [1.54, 1.807) is 6.20 Å². The summed E-state index contributed by atoms with van der Waals surface area (Å²) in [6.45, 7) is 7.05. The average Bonchev–Trinajstić information content (AvgIpc) is 2.45. The first-order valence-electron chi connectivity index (χ1n) is 7.11. The molecule has 1 aromatic heterocycles. The van der Waals surface area contributed by atoms with E-state index in [4.69, 9.17) is 0 Å². The van der Waals surface area contributed by atoms with Crippen molar-refractivity contribution in [1.82, 2.24) is 15.3 Å². The van der Waals surface area contributed by atoms with Crippen molar-refractivity contribution in [2.24, 2.45) is 0 Å². The summed E-state index contributed by atoms with van der Waals surface area (Å²) in [4.78, 5) is 20.4. The molecule has 5 nitrogen and oxygen atoms in total. The second kappa shape index (κ2) is 9.58.